The summed E-state index contributed by atoms with van der Waals surface area (Å²) >= 11 is 0. The highest BCUT2D eigenvalue weighted by molar-refractivity contribution is 5.89. The number of rotatable bonds is 2. The van der Waals surface area contributed by atoms with Gasteiger partial charge in [-0.15, -0.1) is 0 Å². The molecule has 1 aliphatic heterocycles. The molecular formula is C12H12F3N7O. The van der Waals surface area contributed by atoms with Crippen molar-refractivity contribution < 1.29 is 18.0 Å². The molecule has 2 aromatic heterocycles. The maximum absolute atomic E-state index is 12.3. The maximum Gasteiger partial charge on any atom is 0.451 e. The van der Waals surface area contributed by atoms with Crippen molar-refractivity contribution in [1.29, 1.82) is 0 Å². The molecule has 1 aliphatic rings. The van der Waals surface area contributed by atoms with Gasteiger partial charge in [-0.25, -0.2) is 24.4 Å². The first-order valence-electron chi connectivity index (χ1n) is 6.75. The van der Waals surface area contributed by atoms with Crippen LogP contribution in [0.4, 0.5) is 23.7 Å². The number of nitrogens with zero attached hydrogens (tertiary/aromatic N) is 5. The number of halogens is 3. The van der Waals surface area contributed by atoms with Gasteiger partial charge in [-0.2, -0.15) is 18.3 Å². The van der Waals surface area contributed by atoms with E-state index in [-0.39, 0.29) is 11.7 Å². The number of alkyl halides is 3. The number of hydrogen-bond acceptors (Lipinski definition) is 5. The van der Waals surface area contributed by atoms with E-state index in [9.17, 15) is 18.0 Å². The Morgan fingerprint density at radius 1 is 1.26 bits per heavy atom. The van der Waals surface area contributed by atoms with Crippen molar-refractivity contribution in [3.63, 3.8) is 0 Å². The number of anilines is 1. The number of hydrogen-bond donors (Lipinski definition) is 2. The normalized spacial score (nSPS) is 17.4. The third-order valence-electron chi connectivity index (χ3n) is 3.30. The molecule has 11 heteroatoms. The van der Waals surface area contributed by atoms with Crippen LogP contribution in [0.3, 0.4) is 0 Å². The lowest BCUT2D eigenvalue weighted by Gasteiger charge is -2.23. The quantitative estimate of drug-likeness (QED) is 0.864. The Kier molecular flexibility index (Phi) is 3.84. The van der Waals surface area contributed by atoms with Crippen LogP contribution in [0.15, 0.2) is 18.7 Å². The predicted molar refractivity (Wildman–Crippen MR) is 71.3 cm³/mol. The molecule has 3 rings (SSSR count). The van der Waals surface area contributed by atoms with Crippen LogP contribution >= 0.6 is 0 Å². The van der Waals surface area contributed by atoms with Crippen LogP contribution in [-0.2, 0) is 19.1 Å². The number of urea groups is 1. The molecule has 1 atom stereocenters. The molecule has 1 unspecified atom stereocenters. The fraction of sp³-hybridized carbons (Fsp3) is 0.417. The number of aryl methyl sites for hydroxylation is 1. The minimum absolute atomic E-state index is 0.0766. The van der Waals surface area contributed by atoms with Crippen molar-refractivity contribution in [2.24, 2.45) is 0 Å². The van der Waals surface area contributed by atoms with Crippen LogP contribution in [0.2, 0.25) is 0 Å². The molecule has 0 fully saturated rings. The highest BCUT2D eigenvalue weighted by atomic mass is 19.4. The van der Waals surface area contributed by atoms with Gasteiger partial charge in [0.25, 0.3) is 0 Å². The van der Waals surface area contributed by atoms with Crippen molar-refractivity contribution in [3.05, 3.63) is 30.4 Å². The highest BCUT2D eigenvalue weighted by Gasteiger charge is 2.34. The van der Waals surface area contributed by atoms with Gasteiger partial charge in [0.15, 0.2) is 0 Å². The highest BCUT2D eigenvalue weighted by Crippen LogP contribution is 2.25. The molecule has 2 N–H and O–H groups in total. The zero-order chi connectivity index (χ0) is 16.4. The number of carbonyl (C=O) groups is 1. The summed E-state index contributed by atoms with van der Waals surface area (Å²) in [5, 5.41) is 9.16. The van der Waals surface area contributed by atoms with Gasteiger partial charge in [0.05, 0.1) is 30.7 Å². The molecular weight excluding hydrogens is 315 g/mol. The van der Waals surface area contributed by atoms with E-state index < -0.39 is 18.0 Å². The Bertz CT molecular complexity index is 697. The van der Waals surface area contributed by atoms with Crippen LogP contribution in [-0.4, -0.2) is 36.8 Å². The summed E-state index contributed by atoms with van der Waals surface area (Å²) in [6.45, 7) is 0.492. The Balaban J connectivity index is 1.56. The number of aromatic nitrogens is 5. The van der Waals surface area contributed by atoms with Gasteiger partial charge in [0.2, 0.25) is 5.82 Å². The first kappa shape index (κ1) is 15.2. The van der Waals surface area contributed by atoms with Crippen LogP contribution in [0, 0.1) is 0 Å². The van der Waals surface area contributed by atoms with E-state index in [0.717, 1.165) is 18.2 Å². The van der Waals surface area contributed by atoms with Crippen molar-refractivity contribution in [1.82, 2.24) is 30.0 Å². The second kappa shape index (κ2) is 5.82. The van der Waals surface area contributed by atoms with Gasteiger partial charge in [-0.3, -0.25) is 0 Å². The molecule has 0 saturated carbocycles. The smallest absolute Gasteiger partial charge is 0.333 e. The monoisotopic (exact) mass is 327 g/mol. The molecule has 122 valence electrons. The average molecular weight is 327 g/mol. The molecule has 3 heterocycles. The molecule has 0 radical (unpaired) electrons. The van der Waals surface area contributed by atoms with Gasteiger partial charge in [0, 0.05) is 6.42 Å². The molecule has 0 spiro atoms. The molecule has 0 saturated heterocycles. The molecule has 0 bridgehead atoms. The van der Waals surface area contributed by atoms with Gasteiger partial charge < -0.3 is 10.6 Å². The van der Waals surface area contributed by atoms with Crippen molar-refractivity contribution in [3.8, 4) is 0 Å². The second-order valence-electron chi connectivity index (χ2n) is 4.99. The Hall–Kier alpha value is -2.72. The number of nitrogens with one attached hydrogen (secondary N) is 2. The Labute approximate surface area is 128 Å². The minimum atomic E-state index is -4.61. The Morgan fingerprint density at radius 3 is 2.70 bits per heavy atom. The van der Waals surface area contributed by atoms with Gasteiger partial charge in [0.1, 0.15) is 12.2 Å². The van der Waals surface area contributed by atoms with E-state index in [4.69, 9.17) is 0 Å². The van der Waals surface area contributed by atoms with E-state index in [2.05, 4.69) is 30.7 Å². The lowest BCUT2D eigenvalue weighted by Crippen LogP contribution is -2.43. The van der Waals surface area contributed by atoms with E-state index >= 15 is 0 Å². The van der Waals surface area contributed by atoms with Gasteiger partial charge in [-0.05, 0) is 6.42 Å². The largest absolute Gasteiger partial charge is 0.451 e. The van der Waals surface area contributed by atoms with Crippen molar-refractivity contribution in [2.45, 2.75) is 31.6 Å². The maximum atomic E-state index is 12.3. The van der Waals surface area contributed by atoms with Crippen molar-refractivity contribution >= 4 is 11.7 Å². The number of carbonyl (C=O) groups excluding carboxylic acids is 1. The van der Waals surface area contributed by atoms with E-state index in [1.165, 1.54) is 6.33 Å². The number of amides is 2. The SMILES string of the molecule is O=C(Nc1cnc(C(F)(F)F)nc1)NC1CCc2ncnn2C1. The molecule has 23 heavy (non-hydrogen) atoms. The fourth-order valence-corrected chi connectivity index (χ4v) is 2.25. The summed E-state index contributed by atoms with van der Waals surface area (Å²) < 4.78 is 38.7. The molecule has 2 aromatic rings. The molecule has 2 amide bonds. The summed E-state index contributed by atoms with van der Waals surface area (Å²) in [5.41, 5.74) is 0.0766. The van der Waals surface area contributed by atoms with Gasteiger partial charge in [-0.1, -0.05) is 0 Å². The zero-order valence-electron chi connectivity index (χ0n) is 11.7. The van der Waals surface area contributed by atoms with Crippen LogP contribution < -0.4 is 10.6 Å². The summed E-state index contributed by atoms with van der Waals surface area (Å²) in [6.07, 6.45) is 0.0529. The second-order valence-corrected chi connectivity index (χ2v) is 4.99. The van der Waals surface area contributed by atoms with Crippen LogP contribution in [0.5, 0.6) is 0 Å². The van der Waals surface area contributed by atoms with E-state index in [0.29, 0.717) is 19.4 Å². The lowest BCUT2D eigenvalue weighted by atomic mass is 10.1. The number of fused-ring (bicyclic) bond motifs is 1. The fourth-order valence-electron chi connectivity index (χ4n) is 2.25. The molecule has 8 nitrogen and oxygen atoms in total. The molecule has 0 aliphatic carbocycles. The third-order valence-corrected chi connectivity index (χ3v) is 3.30. The van der Waals surface area contributed by atoms with E-state index in [1.54, 1.807) is 4.68 Å². The third kappa shape index (κ3) is 3.55. The minimum Gasteiger partial charge on any atom is -0.333 e. The topological polar surface area (TPSA) is 97.6 Å². The van der Waals surface area contributed by atoms with E-state index in [1.807, 2.05) is 0 Å². The summed E-state index contributed by atoms with van der Waals surface area (Å²) in [6, 6.07) is -0.679. The first-order valence-corrected chi connectivity index (χ1v) is 6.75. The first-order chi connectivity index (χ1) is 10.9. The summed E-state index contributed by atoms with van der Waals surface area (Å²) in [5.74, 6) is -0.394. The summed E-state index contributed by atoms with van der Waals surface area (Å²) in [7, 11) is 0. The lowest BCUT2D eigenvalue weighted by molar-refractivity contribution is -0.144. The average Bonchev–Trinajstić information content (AvgIpc) is 2.94. The van der Waals surface area contributed by atoms with Crippen molar-refractivity contribution in [2.75, 3.05) is 5.32 Å². The molecule has 0 aromatic carbocycles. The summed E-state index contributed by atoms with van der Waals surface area (Å²) in [4.78, 5) is 22.3. The van der Waals surface area contributed by atoms with Crippen LogP contribution in [0.1, 0.15) is 18.1 Å². The predicted octanol–water partition coefficient (Wildman–Crippen LogP) is 1.22. The Morgan fingerprint density at radius 2 is 2.00 bits per heavy atom. The van der Waals surface area contributed by atoms with Gasteiger partial charge >= 0.3 is 12.2 Å². The zero-order valence-corrected chi connectivity index (χ0v) is 11.7. The van der Waals surface area contributed by atoms with Crippen LogP contribution in [0.25, 0.3) is 0 Å². The standard InChI is InChI=1S/C12H12F3N7O/c13-12(14,15)10-16-3-8(4-17-10)21-11(23)20-7-1-2-9-18-6-19-22(9)5-7/h3-4,6-7H,1-2,5H2,(H2,20,21,23).